The van der Waals surface area contributed by atoms with Crippen LogP contribution in [0, 0.1) is 0 Å². The molecule has 1 heterocycles. The van der Waals surface area contributed by atoms with Gasteiger partial charge in [0.15, 0.2) is 12.4 Å². The Hall–Kier alpha value is -3.16. The van der Waals surface area contributed by atoms with Crippen LogP contribution >= 0.6 is 0 Å². The number of hydrogen-bond donors (Lipinski definition) is 6. The lowest BCUT2D eigenvalue weighted by Crippen LogP contribution is -2.61. The molecule has 1 rings (SSSR count). The van der Waals surface area contributed by atoms with E-state index >= 15 is 0 Å². The standard InChI is InChI=1S/C74H131NO10/c1-4-7-10-13-16-19-22-25-27-29-31-33-35-36-38-40-43-46-49-52-55-58-61-67(78)73(82)75-65(66(77)60-57-54-51-48-45-42-24-21-18-15-12-9-6-3)64-83-74-72(71(81)70(80)68(63-76)84-74)85-69(79)62-59-56-53-50-47-44-41-39-37-34-32-30-28-26-23-20-17-14-11-8-5-2/h16-17,19-20,25-28,31,33,36,38,57,60,65-68,70-72,74,76-78,80-81H,4-15,18,21-24,29-30,32,34-35,37,39-56,58-59,61-64H2,1-3H3,(H,75,82)/b19-16-,20-17-,27-25-,28-26-,33-31-,38-36-,60-57+. The van der Waals surface area contributed by atoms with E-state index in [1.54, 1.807) is 6.08 Å². The molecule has 0 radical (unpaired) electrons. The van der Waals surface area contributed by atoms with Gasteiger partial charge in [0.1, 0.15) is 24.4 Å². The van der Waals surface area contributed by atoms with Gasteiger partial charge in [-0.15, -0.1) is 0 Å². The first-order chi connectivity index (χ1) is 41.7. The van der Waals surface area contributed by atoms with E-state index in [0.717, 1.165) is 103 Å². The van der Waals surface area contributed by atoms with Crippen LogP contribution in [0.1, 0.15) is 310 Å². The summed E-state index contributed by atoms with van der Waals surface area (Å²) in [6, 6.07) is -1.04. The quantitative estimate of drug-likeness (QED) is 0.0195. The predicted octanol–water partition coefficient (Wildman–Crippen LogP) is 18.1. The zero-order valence-corrected chi connectivity index (χ0v) is 54.7. The number of ether oxygens (including phenoxy) is 3. The van der Waals surface area contributed by atoms with Crippen LogP contribution < -0.4 is 5.32 Å². The van der Waals surface area contributed by atoms with Gasteiger partial charge in [-0.25, -0.2) is 0 Å². The molecule has 0 bridgehead atoms. The molecule has 1 aliphatic heterocycles. The van der Waals surface area contributed by atoms with E-state index in [4.69, 9.17) is 14.2 Å². The molecule has 8 unspecified atom stereocenters. The number of unbranched alkanes of at least 4 members (excludes halogenated alkanes) is 34. The molecule has 0 aromatic rings. The van der Waals surface area contributed by atoms with Crippen LogP contribution in [0.25, 0.3) is 0 Å². The Morgan fingerprint density at radius 1 is 0.459 bits per heavy atom. The highest BCUT2D eigenvalue weighted by molar-refractivity contribution is 5.80. The summed E-state index contributed by atoms with van der Waals surface area (Å²) in [6.45, 7) is 5.76. The van der Waals surface area contributed by atoms with Crippen LogP contribution in [-0.2, 0) is 23.8 Å². The summed E-state index contributed by atoms with van der Waals surface area (Å²) in [5.74, 6) is -1.20. The lowest BCUT2D eigenvalue weighted by molar-refractivity contribution is -0.305. The van der Waals surface area contributed by atoms with E-state index in [9.17, 15) is 35.1 Å². The van der Waals surface area contributed by atoms with Crippen molar-refractivity contribution < 1.29 is 49.3 Å². The summed E-state index contributed by atoms with van der Waals surface area (Å²) >= 11 is 0. The van der Waals surface area contributed by atoms with Crippen LogP contribution in [0.4, 0.5) is 0 Å². The van der Waals surface area contributed by atoms with E-state index < -0.39 is 67.4 Å². The Kier molecular flexibility index (Phi) is 57.4. The number of amides is 1. The third-order valence-electron chi connectivity index (χ3n) is 16.3. The van der Waals surface area contributed by atoms with Crippen LogP contribution in [0.5, 0.6) is 0 Å². The second-order valence-corrected chi connectivity index (χ2v) is 24.3. The molecular formula is C74H131NO10. The highest BCUT2D eigenvalue weighted by atomic mass is 16.7. The Morgan fingerprint density at radius 3 is 1.24 bits per heavy atom. The van der Waals surface area contributed by atoms with Crippen molar-refractivity contribution in [3.63, 3.8) is 0 Å². The van der Waals surface area contributed by atoms with Crippen molar-refractivity contribution >= 4 is 11.9 Å². The first-order valence-corrected chi connectivity index (χ1v) is 35.4. The van der Waals surface area contributed by atoms with Gasteiger partial charge < -0.3 is 45.1 Å². The van der Waals surface area contributed by atoms with Crippen molar-refractivity contribution in [1.29, 1.82) is 0 Å². The van der Waals surface area contributed by atoms with Crippen molar-refractivity contribution in [3.8, 4) is 0 Å². The summed E-state index contributed by atoms with van der Waals surface area (Å²) in [4.78, 5) is 26.7. The summed E-state index contributed by atoms with van der Waals surface area (Å²) in [7, 11) is 0. The van der Waals surface area contributed by atoms with Crippen molar-refractivity contribution in [2.24, 2.45) is 0 Å². The van der Waals surface area contributed by atoms with Gasteiger partial charge in [0.25, 0.3) is 0 Å². The lowest BCUT2D eigenvalue weighted by atomic mass is 9.99. The smallest absolute Gasteiger partial charge is 0.306 e. The summed E-state index contributed by atoms with van der Waals surface area (Å²) < 4.78 is 17.7. The first-order valence-electron chi connectivity index (χ1n) is 35.4. The maximum Gasteiger partial charge on any atom is 0.306 e. The molecule has 1 aliphatic rings. The van der Waals surface area contributed by atoms with E-state index in [1.165, 1.54) is 161 Å². The number of aliphatic hydroxyl groups is 5. The number of esters is 1. The van der Waals surface area contributed by atoms with Crippen LogP contribution in [-0.4, -0.2) is 99.6 Å². The number of nitrogens with one attached hydrogen (secondary N) is 1. The Balaban J connectivity index is 2.62. The van der Waals surface area contributed by atoms with Gasteiger partial charge in [-0.3, -0.25) is 9.59 Å². The van der Waals surface area contributed by atoms with E-state index in [1.807, 2.05) is 6.08 Å². The van der Waals surface area contributed by atoms with E-state index in [2.05, 4.69) is 99.0 Å². The van der Waals surface area contributed by atoms with Crippen LogP contribution in [0.2, 0.25) is 0 Å². The molecule has 0 aromatic heterocycles. The molecule has 1 fully saturated rings. The minimum absolute atomic E-state index is 0.117. The molecule has 11 heteroatoms. The van der Waals surface area contributed by atoms with Crippen molar-refractivity contribution in [2.45, 2.75) is 359 Å². The third-order valence-corrected chi connectivity index (χ3v) is 16.3. The van der Waals surface area contributed by atoms with Crippen LogP contribution in [0.15, 0.2) is 85.1 Å². The van der Waals surface area contributed by atoms with Gasteiger partial charge >= 0.3 is 5.97 Å². The molecule has 1 saturated heterocycles. The second kappa shape index (κ2) is 61.1. The maximum atomic E-state index is 13.5. The molecule has 1 amide bonds. The van der Waals surface area contributed by atoms with Gasteiger partial charge in [-0.2, -0.15) is 0 Å². The topological polar surface area (TPSA) is 175 Å². The minimum atomic E-state index is -1.62. The summed E-state index contributed by atoms with van der Waals surface area (Å²) in [5, 5.41) is 57.3. The third kappa shape index (κ3) is 48.4. The number of carbonyl (C=O) groups excluding carboxylic acids is 2. The highest BCUT2D eigenvalue weighted by Gasteiger charge is 2.47. The highest BCUT2D eigenvalue weighted by Crippen LogP contribution is 2.26. The summed E-state index contributed by atoms with van der Waals surface area (Å²) in [6.07, 6.45) is 70.3. The Bertz CT molecular complexity index is 1710. The predicted molar refractivity (Wildman–Crippen MR) is 356 cm³/mol. The SMILES string of the molecule is CCCCC/C=C\C/C=C\C/C=C\C/C=C\CCCCCCCCC(O)C(=O)NC(COC1OC(CO)C(O)C(O)C1OC(=O)CCCCCCCCCCCCC/C=C\C/C=C\CCCCC)C(O)/C=C/CCCCCCCCCCCCC. The molecule has 85 heavy (non-hydrogen) atoms. The number of hydrogen-bond acceptors (Lipinski definition) is 10. The Morgan fingerprint density at radius 2 is 0.812 bits per heavy atom. The molecule has 0 saturated carbocycles. The fourth-order valence-corrected chi connectivity index (χ4v) is 10.7. The molecule has 6 N–H and O–H groups in total. The molecule has 0 aromatic carbocycles. The van der Waals surface area contributed by atoms with Crippen molar-refractivity contribution in [1.82, 2.24) is 5.32 Å². The average molecular weight is 1190 g/mol. The van der Waals surface area contributed by atoms with Gasteiger partial charge in [0, 0.05) is 6.42 Å². The minimum Gasteiger partial charge on any atom is -0.454 e. The zero-order chi connectivity index (χ0) is 61.7. The van der Waals surface area contributed by atoms with Gasteiger partial charge in [-0.1, -0.05) is 286 Å². The number of allylic oxidation sites excluding steroid dienone is 13. The fourth-order valence-electron chi connectivity index (χ4n) is 10.7. The normalized spacial score (nSPS) is 18.9. The number of carbonyl (C=O) groups is 2. The van der Waals surface area contributed by atoms with Gasteiger partial charge in [0.05, 0.1) is 25.4 Å². The van der Waals surface area contributed by atoms with Crippen molar-refractivity contribution in [2.75, 3.05) is 13.2 Å². The number of rotatable bonds is 60. The summed E-state index contributed by atoms with van der Waals surface area (Å²) in [5.41, 5.74) is 0. The molecule has 492 valence electrons. The zero-order valence-electron chi connectivity index (χ0n) is 54.7. The lowest BCUT2D eigenvalue weighted by Gasteiger charge is -2.41. The second-order valence-electron chi connectivity index (χ2n) is 24.3. The molecule has 0 aliphatic carbocycles. The molecule has 8 atom stereocenters. The van der Waals surface area contributed by atoms with E-state index in [-0.39, 0.29) is 19.4 Å². The van der Waals surface area contributed by atoms with E-state index in [0.29, 0.717) is 12.8 Å². The first kappa shape index (κ1) is 79.9. The molecular weight excluding hydrogens is 1060 g/mol. The largest absolute Gasteiger partial charge is 0.454 e. The van der Waals surface area contributed by atoms with Crippen molar-refractivity contribution in [3.05, 3.63) is 85.1 Å². The number of aliphatic hydroxyl groups excluding tert-OH is 5. The average Bonchev–Trinajstić information content (AvgIpc) is 3.19. The maximum absolute atomic E-state index is 13.5. The monoisotopic (exact) mass is 1190 g/mol. The fraction of sp³-hybridized carbons (Fsp3) is 0.784. The van der Waals surface area contributed by atoms with Gasteiger partial charge in [0.2, 0.25) is 5.91 Å². The molecule has 0 spiro atoms. The van der Waals surface area contributed by atoms with Gasteiger partial charge in [-0.05, 0) is 103 Å². The van der Waals surface area contributed by atoms with Crippen LogP contribution in [0.3, 0.4) is 0 Å². The Labute approximate surface area is 521 Å². The molecule has 11 nitrogen and oxygen atoms in total.